The molecule has 1 rings (SSSR count). The first-order valence-electron chi connectivity index (χ1n) is 5.62. The average molecular weight is 251 g/mol. The minimum atomic E-state index is -0.458. The monoisotopic (exact) mass is 251 g/mol. The largest absolute Gasteiger partial charge is 0.496 e. The number of aryl methyl sites for hydroxylation is 1. The van der Waals surface area contributed by atoms with Gasteiger partial charge in [-0.3, -0.25) is 9.59 Å². The van der Waals surface area contributed by atoms with Gasteiger partial charge in [-0.15, -0.1) is 0 Å². The second kappa shape index (κ2) is 7.32. The molecule has 0 spiro atoms. The third-order valence-corrected chi connectivity index (χ3v) is 2.47. The second-order valence-corrected chi connectivity index (χ2v) is 3.66. The average Bonchev–Trinajstić information content (AvgIpc) is 2.42. The van der Waals surface area contributed by atoms with Gasteiger partial charge >= 0.3 is 5.97 Å². The van der Waals surface area contributed by atoms with Gasteiger partial charge < -0.3 is 14.8 Å². The maximum absolute atomic E-state index is 11.5. The van der Waals surface area contributed by atoms with Crippen LogP contribution >= 0.6 is 0 Å². The van der Waals surface area contributed by atoms with Crippen LogP contribution in [0.2, 0.25) is 0 Å². The molecular weight excluding hydrogens is 234 g/mol. The van der Waals surface area contributed by atoms with E-state index in [0.717, 1.165) is 11.3 Å². The normalized spacial score (nSPS) is 9.67. The molecule has 0 heterocycles. The Bertz CT molecular complexity index is 417. The number of hydrogen-bond donors (Lipinski definition) is 1. The summed E-state index contributed by atoms with van der Waals surface area (Å²) in [5.74, 6) is 0.116. The van der Waals surface area contributed by atoms with Crippen LogP contribution in [0, 0.1) is 0 Å². The molecule has 5 heteroatoms. The van der Waals surface area contributed by atoms with Crippen molar-refractivity contribution in [2.45, 2.75) is 12.8 Å². The molecule has 0 aliphatic carbocycles. The molecule has 0 aromatic heterocycles. The summed E-state index contributed by atoms with van der Waals surface area (Å²) < 4.78 is 9.61. The van der Waals surface area contributed by atoms with Crippen LogP contribution in [0.25, 0.3) is 0 Å². The summed E-state index contributed by atoms with van der Waals surface area (Å²) in [6, 6.07) is 7.53. The molecule has 0 aliphatic rings. The number of methoxy groups -OCH3 is 2. The predicted molar refractivity (Wildman–Crippen MR) is 66.3 cm³/mol. The van der Waals surface area contributed by atoms with E-state index < -0.39 is 5.97 Å². The molecule has 0 saturated carbocycles. The van der Waals surface area contributed by atoms with Crippen LogP contribution in [0.3, 0.4) is 0 Å². The molecular formula is C13H17NO4. The van der Waals surface area contributed by atoms with E-state index in [-0.39, 0.29) is 12.5 Å². The lowest BCUT2D eigenvalue weighted by Gasteiger charge is -2.08. The van der Waals surface area contributed by atoms with Crippen molar-refractivity contribution in [3.05, 3.63) is 29.8 Å². The number of rotatable bonds is 6. The Morgan fingerprint density at radius 1 is 1.22 bits per heavy atom. The first-order chi connectivity index (χ1) is 8.67. The Morgan fingerprint density at radius 3 is 2.61 bits per heavy atom. The lowest BCUT2D eigenvalue weighted by molar-refractivity contribution is -0.141. The third-order valence-electron chi connectivity index (χ3n) is 2.47. The van der Waals surface area contributed by atoms with Crippen LogP contribution in [0.4, 0.5) is 0 Å². The number of esters is 1. The Hall–Kier alpha value is -2.04. The van der Waals surface area contributed by atoms with Gasteiger partial charge in [0.1, 0.15) is 12.3 Å². The smallest absolute Gasteiger partial charge is 0.325 e. The van der Waals surface area contributed by atoms with Crippen molar-refractivity contribution in [3.63, 3.8) is 0 Å². The highest BCUT2D eigenvalue weighted by Gasteiger charge is 2.07. The fourth-order valence-electron chi connectivity index (χ4n) is 1.49. The van der Waals surface area contributed by atoms with Gasteiger partial charge in [-0.25, -0.2) is 0 Å². The van der Waals surface area contributed by atoms with Crippen molar-refractivity contribution >= 4 is 11.9 Å². The van der Waals surface area contributed by atoms with Gasteiger partial charge in [-0.1, -0.05) is 18.2 Å². The summed E-state index contributed by atoms with van der Waals surface area (Å²) in [7, 11) is 2.87. The Morgan fingerprint density at radius 2 is 1.94 bits per heavy atom. The Kier molecular flexibility index (Phi) is 5.70. The Balaban J connectivity index is 2.40. The van der Waals surface area contributed by atoms with Gasteiger partial charge in [0.25, 0.3) is 0 Å². The van der Waals surface area contributed by atoms with Crippen LogP contribution in [0.15, 0.2) is 24.3 Å². The van der Waals surface area contributed by atoms with E-state index in [9.17, 15) is 9.59 Å². The summed E-state index contributed by atoms with van der Waals surface area (Å²) in [6.45, 7) is -0.0960. The van der Waals surface area contributed by atoms with E-state index in [1.807, 2.05) is 24.3 Å². The molecule has 0 saturated heterocycles. The van der Waals surface area contributed by atoms with Crippen molar-refractivity contribution < 1.29 is 19.1 Å². The van der Waals surface area contributed by atoms with E-state index in [1.165, 1.54) is 7.11 Å². The van der Waals surface area contributed by atoms with Gasteiger partial charge in [0, 0.05) is 6.42 Å². The van der Waals surface area contributed by atoms with E-state index >= 15 is 0 Å². The first kappa shape index (κ1) is 14.0. The lowest BCUT2D eigenvalue weighted by atomic mass is 10.1. The zero-order chi connectivity index (χ0) is 13.4. The number of hydrogen-bond acceptors (Lipinski definition) is 4. The van der Waals surface area contributed by atoms with Crippen molar-refractivity contribution in [1.82, 2.24) is 5.32 Å². The van der Waals surface area contributed by atoms with Crippen LogP contribution in [-0.2, 0) is 20.7 Å². The zero-order valence-electron chi connectivity index (χ0n) is 10.6. The SMILES string of the molecule is COC(=O)CNC(=O)CCc1ccccc1OC. The van der Waals surface area contributed by atoms with Crippen LogP contribution in [-0.4, -0.2) is 32.6 Å². The molecule has 0 aliphatic heterocycles. The number of amides is 1. The fraction of sp³-hybridized carbons (Fsp3) is 0.385. The van der Waals surface area contributed by atoms with Gasteiger partial charge in [0.05, 0.1) is 14.2 Å². The van der Waals surface area contributed by atoms with Gasteiger partial charge in [-0.05, 0) is 18.1 Å². The molecule has 1 aromatic carbocycles. The summed E-state index contributed by atoms with van der Waals surface area (Å²) >= 11 is 0. The van der Waals surface area contributed by atoms with Crippen LogP contribution in [0.5, 0.6) is 5.75 Å². The fourth-order valence-corrected chi connectivity index (χ4v) is 1.49. The highest BCUT2D eigenvalue weighted by Crippen LogP contribution is 2.18. The molecule has 1 aromatic rings. The lowest BCUT2D eigenvalue weighted by Crippen LogP contribution is -2.30. The molecule has 18 heavy (non-hydrogen) atoms. The highest BCUT2D eigenvalue weighted by atomic mass is 16.5. The third kappa shape index (κ3) is 4.45. The van der Waals surface area contributed by atoms with E-state index in [2.05, 4.69) is 10.1 Å². The standard InChI is InChI=1S/C13H17NO4/c1-17-11-6-4-3-5-10(11)7-8-12(15)14-9-13(16)18-2/h3-6H,7-9H2,1-2H3,(H,14,15). The predicted octanol–water partition coefficient (Wildman–Crippen LogP) is 0.917. The van der Waals surface area contributed by atoms with Gasteiger partial charge in [0.2, 0.25) is 5.91 Å². The number of benzene rings is 1. The molecule has 98 valence electrons. The Labute approximate surface area is 106 Å². The van der Waals surface area contributed by atoms with Crippen molar-refractivity contribution in [2.24, 2.45) is 0 Å². The van der Waals surface area contributed by atoms with Crippen molar-refractivity contribution in [2.75, 3.05) is 20.8 Å². The number of carbonyl (C=O) groups excluding carboxylic acids is 2. The molecule has 0 fully saturated rings. The van der Waals surface area contributed by atoms with Gasteiger partial charge in [-0.2, -0.15) is 0 Å². The highest BCUT2D eigenvalue weighted by molar-refractivity contribution is 5.81. The van der Waals surface area contributed by atoms with E-state index in [1.54, 1.807) is 7.11 Å². The van der Waals surface area contributed by atoms with E-state index in [4.69, 9.17) is 4.74 Å². The number of carbonyl (C=O) groups is 2. The van der Waals surface area contributed by atoms with Crippen molar-refractivity contribution in [3.8, 4) is 5.75 Å². The van der Waals surface area contributed by atoms with E-state index in [0.29, 0.717) is 12.8 Å². The number of nitrogens with one attached hydrogen (secondary N) is 1. The first-order valence-corrected chi connectivity index (χ1v) is 5.62. The number of ether oxygens (including phenoxy) is 2. The molecule has 1 amide bonds. The molecule has 1 N–H and O–H groups in total. The second-order valence-electron chi connectivity index (χ2n) is 3.66. The number of para-hydroxylation sites is 1. The summed E-state index contributed by atoms with van der Waals surface area (Å²) in [4.78, 5) is 22.3. The maximum Gasteiger partial charge on any atom is 0.325 e. The molecule has 5 nitrogen and oxygen atoms in total. The molecule has 0 unspecified atom stereocenters. The summed E-state index contributed by atoms with van der Waals surface area (Å²) in [5.41, 5.74) is 0.966. The molecule has 0 bridgehead atoms. The molecule has 0 radical (unpaired) electrons. The van der Waals surface area contributed by atoms with Crippen LogP contribution < -0.4 is 10.1 Å². The van der Waals surface area contributed by atoms with Crippen molar-refractivity contribution in [1.29, 1.82) is 0 Å². The summed E-state index contributed by atoms with van der Waals surface area (Å²) in [6.07, 6.45) is 0.869. The van der Waals surface area contributed by atoms with Gasteiger partial charge in [0.15, 0.2) is 0 Å². The maximum atomic E-state index is 11.5. The minimum absolute atomic E-state index is 0.0960. The quantitative estimate of drug-likeness (QED) is 0.763. The topological polar surface area (TPSA) is 64.6 Å². The summed E-state index contributed by atoms with van der Waals surface area (Å²) in [5, 5.41) is 2.49. The zero-order valence-corrected chi connectivity index (χ0v) is 10.6. The minimum Gasteiger partial charge on any atom is -0.496 e. The molecule has 0 atom stereocenters. The van der Waals surface area contributed by atoms with Crippen LogP contribution in [0.1, 0.15) is 12.0 Å².